The van der Waals surface area contributed by atoms with Gasteiger partial charge >= 0.3 is 0 Å². The Bertz CT molecular complexity index is 1560. The molecule has 0 spiro atoms. The summed E-state index contributed by atoms with van der Waals surface area (Å²) < 4.78 is 13.3. The molecule has 34 heavy (non-hydrogen) atoms. The first-order valence-electron chi connectivity index (χ1n) is 10.7. The Morgan fingerprint density at radius 3 is 2.41 bits per heavy atom. The van der Waals surface area contributed by atoms with Crippen molar-refractivity contribution >= 4 is 34.5 Å². The lowest BCUT2D eigenvalue weighted by atomic mass is 10.2. The van der Waals surface area contributed by atoms with Gasteiger partial charge in [0.2, 0.25) is 4.96 Å². The zero-order chi connectivity index (χ0) is 23.3. The number of hydrogen-bond acceptors (Lipinski definition) is 6. The van der Waals surface area contributed by atoms with Crippen molar-refractivity contribution in [3.63, 3.8) is 0 Å². The molecule has 0 aliphatic carbocycles. The SMILES string of the molecule is COc1cc(C=c2sc3nc(C=Cc4ccccc4)nn3c2=O)ccc1OCc1ccccc1. The van der Waals surface area contributed by atoms with Crippen LogP contribution < -0.4 is 19.6 Å². The van der Waals surface area contributed by atoms with Gasteiger partial charge in [-0.15, -0.1) is 5.10 Å². The lowest BCUT2D eigenvalue weighted by Gasteiger charge is -2.11. The molecule has 0 atom stereocenters. The van der Waals surface area contributed by atoms with E-state index in [2.05, 4.69) is 10.1 Å². The van der Waals surface area contributed by atoms with Crippen molar-refractivity contribution in [1.29, 1.82) is 0 Å². The Morgan fingerprint density at radius 2 is 1.68 bits per heavy atom. The zero-order valence-corrected chi connectivity index (χ0v) is 19.2. The summed E-state index contributed by atoms with van der Waals surface area (Å²) in [7, 11) is 1.60. The second-order valence-corrected chi connectivity index (χ2v) is 8.52. The molecule has 0 bridgehead atoms. The first kappa shape index (κ1) is 21.6. The third-order valence-electron chi connectivity index (χ3n) is 5.15. The van der Waals surface area contributed by atoms with Crippen LogP contribution in [-0.4, -0.2) is 21.7 Å². The molecule has 0 unspecified atom stereocenters. The molecule has 5 aromatic rings. The van der Waals surface area contributed by atoms with E-state index in [1.165, 1.54) is 15.9 Å². The van der Waals surface area contributed by atoms with Crippen LogP contribution in [0.3, 0.4) is 0 Å². The number of aromatic nitrogens is 3. The van der Waals surface area contributed by atoms with Gasteiger partial charge in [0.05, 0.1) is 11.6 Å². The van der Waals surface area contributed by atoms with E-state index in [4.69, 9.17) is 9.47 Å². The number of thiazole rings is 1. The van der Waals surface area contributed by atoms with Gasteiger partial charge in [0.25, 0.3) is 5.56 Å². The van der Waals surface area contributed by atoms with Crippen LogP contribution in [0.25, 0.3) is 23.2 Å². The molecule has 0 aliphatic heterocycles. The van der Waals surface area contributed by atoms with Crippen LogP contribution in [0.15, 0.2) is 83.7 Å². The quantitative estimate of drug-likeness (QED) is 0.354. The van der Waals surface area contributed by atoms with Gasteiger partial charge in [-0.25, -0.2) is 0 Å². The van der Waals surface area contributed by atoms with Gasteiger partial charge in [0, 0.05) is 0 Å². The number of fused-ring (bicyclic) bond motifs is 1. The van der Waals surface area contributed by atoms with Crippen molar-refractivity contribution in [2.75, 3.05) is 7.11 Å². The van der Waals surface area contributed by atoms with Crippen molar-refractivity contribution in [1.82, 2.24) is 14.6 Å². The monoisotopic (exact) mass is 467 g/mol. The molecule has 0 amide bonds. The Hall–Kier alpha value is -4.23. The molecule has 168 valence electrons. The van der Waals surface area contributed by atoms with Crippen molar-refractivity contribution in [3.05, 3.63) is 116 Å². The molecule has 0 fully saturated rings. The third-order valence-corrected chi connectivity index (χ3v) is 6.10. The number of methoxy groups -OCH3 is 1. The molecule has 0 N–H and O–H groups in total. The first-order chi connectivity index (χ1) is 16.7. The van der Waals surface area contributed by atoms with E-state index < -0.39 is 0 Å². The number of ether oxygens (including phenoxy) is 2. The van der Waals surface area contributed by atoms with Crippen LogP contribution in [0, 0.1) is 0 Å². The number of rotatable bonds is 7. The van der Waals surface area contributed by atoms with Crippen molar-refractivity contribution in [2.45, 2.75) is 6.61 Å². The fourth-order valence-electron chi connectivity index (χ4n) is 3.43. The van der Waals surface area contributed by atoms with Gasteiger partial charge < -0.3 is 9.47 Å². The fraction of sp³-hybridized carbons (Fsp3) is 0.0741. The summed E-state index contributed by atoms with van der Waals surface area (Å²) in [6, 6.07) is 25.4. The van der Waals surface area contributed by atoms with Crippen LogP contribution in [-0.2, 0) is 6.61 Å². The Labute approximate surface area is 200 Å². The van der Waals surface area contributed by atoms with E-state index in [0.29, 0.717) is 33.4 Å². The Balaban J connectivity index is 1.38. The van der Waals surface area contributed by atoms with Gasteiger partial charge in [-0.1, -0.05) is 84.1 Å². The molecule has 3 aromatic carbocycles. The van der Waals surface area contributed by atoms with E-state index in [0.717, 1.165) is 16.7 Å². The summed E-state index contributed by atoms with van der Waals surface area (Å²) in [6.45, 7) is 0.444. The average molecular weight is 468 g/mol. The lowest BCUT2D eigenvalue weighted by Crippen LogP contribution is -2.23. The van der Waals surface area contributed by atoms with Crippen molar-refractivity contribution in [3.8, 4) is 11.5 Å². The van der Waals surface area contributed by atoms with Gasteiger partial charge in [-0.2, -0.15) is 9.50 Å². The minimum absolute atomic E-state index is 0.199. The maximum absolute atomic E-state index is 12.9. The molecule has 0 aliphatic rings. The molecule has 0 saturated carbocycles. The summed E-state index contributed by atoms with van der Waals surface area (Å²) in [5.74, 6) is 1.74. The first-order valence-corrected chi connectivity index (χ1v) is 11.5. The van der Waals surface area contributed by atoms with Gasteiger partial charge in [0.15, 0.2) is 17.3 Å². The van der Waals surface area contributed by atoms with Gasteiger partial charge in [0.1, 0.15) is 6.61 Å². The number of nitrogens with zero attached hydrogens (tertiary/aromatic N) is 3. The molecule has 0 radical (unpaired) electrons. The minimum atomic E-state index is -0.199. The zero-order valence-electron chi connectivity index (χ0n) is 18.4. The molecule has 5 rings (SSSR count). The smallest absolute Gasteiger partial charge is 0.291 e. The molecule has 6 nitrogen and oxygen atoms in total. The topological polar surface area (TPSA) is 65.7 Å². The van der Waals surface area contributed by atoms with Crippen LogP contribution in [0.4, 0.5) is 0 Å². The van der Waals surface area contributed by atoms with Crippen LogP contribution in [0.2, 0.25) is 0 Å². The van der Waals surface area contributed by atoms with Crippen LogP contribution in [0.5, 0.6) is 11.5 Å². The van der Waals surface area contributed by atoms with E-state index >= 15 is 0 Å². The Kier molecular flexibility index (Phi) is 6.18. The molecule has 2 aromatic heterocycles. The minimum Gasteiger partial charge on any atom is -0.493 e. The second-order valence-electron chi connectivity index (χ2n) is 7.51. The molecule has 2 heterocycles. The van der Waals surface area contributed by atoms with Gasteiger partial charge in [-0.05, 0) is 41.0 Å². The highest BCUT2D eigenvalue weighted by Gasteiger charge is 2.10. The second kappa shape index (κ2) is 9.72. The fourth-order valence-corrected chi connectivity index (χ4v) is 4.35. The van der Waals surface area contributed by atoms with E-state index in [1.54, 1.807) is 13.2 Å². The Morgan fingerprint density at radius 1 is 0.912 bits per heavy atom. The highest BCUT2D eigenvalue weighted by atomic mass is 32.1. The normalized spacial score (nSPS) is 12.0. The van der Waals surface area contributed by atoms with Gasteiger partial charge in [-0.3, -0.25) is 4.79 Å². The molecule has 7 heteroatoms. The molecular formula is C27H21N3O3S. The predicted octanol–water partition coefficient (Wildman–Crippen LogP) is 4.46. The highest BCUT2D eigenvalue weighted by Crippen LogP contribution is 2.29. The summed E-state index contributed by atoms with van der Waals surface area (Å²) in [4.78, 5) is 17.9. The maximum atomic E-state index is 12.9. The maximum Gasteiger partial charge on any atom is 0.291 e. The van der Waals surface area contributed by atoms with E-state index in [1.807, 2.05) is 91.0 Å². The summed E-state index contributed by atoms with van der Waals surface area (Å²) in [5, 5.41) is 4.34. The average Bonchev–Trinajstić information content (AvgIpc) is 3.41. The van der Waals surface area contributed by atoms with E-state index in [-0.39, 0.29) is 5.56 Å². The van der Waals surface area contributed by atoms with Crippen LogP contribution in [0.1, 0.15) is 22.5 Å². The molecule has 0 saturated heterocycles. The van der Waals surface area contributed by atoms with Crippen LogP contribution >= 0.6 is 11.3 Å². The highest BCUT2D eigenvalue weighted by molar-refractivity contribution is 7.15. The van der Waals surface area contributed by atoms with Crippen molar-refractivity contribution < 1.29 is 9.47 Å². The summed E-state index contributed by atoms with van der Waals surface area (Å²) in [5.41, 5.74) is 2.75. The largest absolute Gasteiger partial charge is 0.493 e. The standard InChI is InChI=1S/C27H21N3O3S/c1-32-23-16-21(12-14-22(23)33-18-20-10-6-3-7-11-20)17-24-26(31)30-27(34-24)28-25(29-30)15-13-19-8-4-2-5-9-19/h2-17H,18H2,1H3. The molecular weight excluding hydrogens is 446 g/mol. The lowest BCUT2D eigenvalue weighted by molar-refractivity contribution is 0.284. The predicted molar refractivity (Wildman–Crippen MR) is 135 cm³/mol. The summed E-state index contributed by atoms with van der Waals surface area (Å²) >= 11 is 1.30. The van der Waals surface area contributed by atoms with E-state index in [9.17, 15) is 4.79 Å². The summed E-state index contributed by atoms with van der Waals surface area (Å²) in [6.07, 6.45) is 5.54. The number of benzene rings is 3. The number of hydrogen-bond donors (Lipinski definition) is 0. The third kappa shape index (κ3) is 4.74. The van der Waals surface area contributed by atoms with Crippen molar-refractivity contribution in [2.24, 2.45) is 0 Å².